The molecule has 1 unspecified atom stereocenters. The van der Waals surface area contributed by atoms with Crippen LogP contribution in [0.15, 0.2) is 18.3 Å². The van der Waals surface area contributed by atoms with E-state index >= 15 is 0 Å². The highest BCUT2D eigenvalue weighted by molar-refractivity contribution is 5.49. The first-order valence-electron chi connectivity index (χ1n) is 6.92. The maximum atomic E-state index is 5.66. The molecule has 4 heteroatoms. The minimum absolute atomic E-state index is 0.573. The number of rotatable bonds is 5. The molecule has 1 atom stereocenters. The molecule has 1 aliphatic heterocycles. The van der Waals surface area contributed by atoms with Crippen LogP contribution in [0, 0.1) is 5.92 Å². The Kier molecular flexibility index (Phi) is 4.81. The number of nitrogen functional groups attached to an aromatic ring is 1. The van der Waals surface area contributed by atoms with Gasteiger partial charge in [0.15, 0.2) is 0 Å². The molecule has 0 bridgehead atoms. The van der Waals surface area contributed by atoms with Crippen molar-refractivity contribution in [3.8, 4) is 0 Å². The summed E-state index contributed by atoms with van der Waals surface area (Å²) in [6, 6.07) is 3.84. The second-order valence-electron chi connectivity index (χ2n) is 5.32. The van der Waals surface area contributed by atoms with Crippen LogP contribution in [0.2, 0.25) is 0 Å². The number of aromatic nitrogens is 1. The fraction of sp³-hybridized carbons (Fsp3) is 0.643. The van der Waals surface area contributed by atoms with Gasteiger partial charge in [0.25, 0.3) is 0 Å². The van der Waals surface area contributed by atoms with Crippen molar-refractivity contribution < 1.29 is 0 Å². The van der Waals surface area contributed by atoms with Crippen molar-refractivity contribution >= 4 is 11.5 Å². The van der Waals surface area contributed by atoms with E-state index in [2.05, 4.69) is 22.1 Å². The van der Waals surface area contributed by atoms with E-state index in [0.717, 1.165) is 12.2 Å². The molecule has 0 aromatic carbocycles. The monoisotopic (exact) mass is 248 g/mol. The van der Waals surface area contributed by atoms with E-state index in [4.69, 9.17) is 5.73 Å². The van der Waals surface area contributed by atoms with Crippen molar-refractivity contribution in [3.63, 3.8) is 0 Å². The van der Waals surface area contributed by atoms with Gasteiger partial charge in [0.1, 0.15) is 5.82 Å². The van der Waals surface area contributed by atoms with Crippen molar-refractivity contribution in [2.24, 2.45) is 5.92 Å². The zero-order valence-electron chi connectivity index (χ0n) is 11.2. The number of nitrogens with two attached hydrogens (primary N) is 1. The van der Waals surface area contributed by atoms with E-state index in [1.165, 1.54) is 38.9 Å². The Morgan fingerprint density at radius 1 is 1.39 bits per heavy atom. The Labute approximate surface area is 110 Å². The maximum Gasteiger partial charge on any atom is 0.125 e. The van der Waals surface area contributed by atoms with E-state index in [9.17, 15) is 0 Å². The standard InChI is InChI=1S/C14H24N4/c1-12(11-18-7-3-2-4-8-18)10-17-13-5-6-16-14(15)9-13/h5-6,9,12H,2-4,7-8,10-11H2,1H3,(H3,15,16,17). The zero-order chi connectivity index (χ0) is 12.8. The third-order valence-electron chi connectivity index (χ3n) is 3.45. The van der Waals surface area contributed by atoms with Crippen molar-refractivity contribution in [1.29, 1.82) is 0 Å². The molecule has 0 radical (unpaired) electrons. The average molecular weight is 248 g/mol. The summed E-state index contributed by atoms with van der Waals surface area (Å²) in [4.78, 5) is 6.57. The molecule has 2 heterocycles. The van der Waals surface area contributed by atoms with Crippen LogP contribution in [0.1, 0.15) is 26.2 Å². The second-order valence-corrected chi connectivity index (χ2v) is 5.32. The lowest BCUT2D eigenvalue weighted by Gasteiger charge is -2.29. The first kappa shape index (κ1) is 13.1. The summed E-state index contributed by atoms with van der Waals surface area (Å²) in [5.74, 6) is 1.22. The molecular formula is C14H24N4. The van der Waals surface area contributed by atoms with Gasteiger partial charge in [-0.15, -0.1) is 0 Å². The van der Waals surface area contributed by atoms with Gasteiger partial charge >= 0.3 is 0 Å². The Balaban J connectivity index is 1.72. The highest BCUT2D eigenvalue weighted by Crippen LogP contribution is 2.13. The van der Waals surface area contributed by atoms with Gasteiger partial charge in [-0.1, -0.05) is 13.3 Å². The number of hydrogen-bond acceptors (Lipinski definition) is 4. The van der Waals surface area contributed by atoms with Gasteiger partial charge in [0, 0.05) is 31.0 Å². The third kappa shape index (κ3) is 4.18. The largest absolute Gasteiger partial charge is 0.385 e. The quantitative estimate of drug-likeness (QED) is 0.839. The lowest BCUT2D eigenvalue weighted by atomic mass is 10.1. The lowest BCUT2D eigenvalue weighted by molar-refractivity contribution is 0.204. The molecule has 1 aliphatic rings. The summed E-state index contributed by atoms with van der Waals surface area (Å²) in [5, 5.41) is 3.43. The molecule has 0 aliphatic carbocycles. The highest BCUT2D eigenvalue weighted by atomic mass is 15.1. The lowest BCUT2D eigenvalue weighted by Crippen LogP contribution is -2.35. The summed E-state index contributed by atoms with van der Waals surface area (Å²) < 4.78 is 0. The summed E-state index contributed by atoms with van der Waals surface area (Å²) in [5.41, 5.74) is 6.72. The first-order valence-corrected chi connectivity index (χ1v) is 6.92. The van der Waals surface area contributed by atoms with E-state index in [1.807, 2.05) is 12.1 Å². The van der Waals surface area contributed by atoms with E-state index in [1.54, 1.807) is 6.20 Å². The van der Waals surface area contributed by atoms with Gasteiger partial charge < -0.3 is 16.0 Å². The minimum atomic E-state index is 0.573. The first-order chi connectivity index (χ1) is 8.74. The summed E-state index contributed by atoms with van der Waals surface area (Å²) in [6.07, 6.45) is 5.87. The van der Waals surface area contributed by atoms with Gasteiger partial charge in [0.05, 0.1) is 0 Å². The number of nitrogens with zero attached hydrogens (tertiary/aromatic N) is 2. The van der Waals surface area contributed by atoms with Crippen molar-refractivity contribution in [3.05, 3.63) is 18.3 Å². The molecule has 4 nitrogen and oxygen atoms in total. The predicted octanol–water partition coefficient (Wildman–Crippen LogP) is 2.20. The van der Waals surface area contributed by atoms with Crippen LogP contribution in [-0.4, -0.2) is 36.1 Å². The molecular weight excluding hydrogens is 224 g/mol. The summed E-state index contributed by atoms with van der Waals surface area (Å²) in [6.45, 7) is 7.01. The molecule has 0 spiro atoms. The number of piperidine rings is 1. The summed E-state index contributed by atoms with van der Waals surface area (Å²) in [7, 11) is 0. The topological polar surface area (TPSA) is 54.2 Å². The number of likely N-dealkylation sites (tertiary alicyclic amines) is 1. The molecule has 18 heavy (non-hydrogen) atoms. The van der Waals surface area contributed by atoms with Gasteiger partial charge in [0.2, 0.25) is 0 Å². The van der Waals surface area contributed by atoms with Crippen LogP contribution in [0.5, 0.6) is 0 Å². The van der Waals surface area contributed by atoms with Crippen LogP contribution in [0.25, 0.3) is 0 Å². The second kappa shape index (κ2) is 6.59. The fourth-order valence-electron chi connectivity index (χ4n) is 2.50. The SMILES string of the molecule is CC(CNc1ccnc(N)c1)CN1CCCCC1. The third-order valence-corrected chi connectivity index (χ3v) is 3.45. The molecule has 100 valence electrons. The highest BCUT2D eigenvalue weighted by Gasteiger charge is 2.13. The average Bonchev–Trinajstić information content (AvgIpc) is 2.38. The molecule has 2 rings (SSSR count). The van der Waals surface area contributed by atoms with Crippen molar-refractivity contribution in [1.82, 2.24) is 9.88 Å². The van der Waals surface area contributed by atoms with Crippen molar-refractivity contribution in [2.75, 3.05) is 37.2 Å². The van der Waals surface area contributed by atoms with Gasteiger partial charge in [-0.2, -0.15) is 0 Å². The zero-order valence-corrected chi connectivity index (χ0v) is 11.2. The van der Waals surface area contributed by atoms with E-state index in [-0.39, 0.29) is 0 Å². The Hall–Kier alpha value is -1.29. The maximum absolute atomic E-state index is 5.66. The van der Waals surface area contributed by atoms with Crippen LogP contribution >= 0.6 is 0 Å². The molecule has 1 aromatic rings. The van der Waals surface area contributed by atoms with Crippen LogP contribution in [0.4, 0.5) is 11.5 Å². The fourth-order valence-corrected chi connectivity index (χ4v) is 2.50. The molecule has 1 saturated heterocycles. The minimum Gasteiger partial charge on any atom is -0.385 e. The Morgan fingerprint density at radius 3 is 2.89 bits per heavy atom. The predicted molar refractivity (Wildman–Crippen MR) is 76.6 cm³/mol. The normalized spacial score (nSPS) is 18.5. The molecule has 1 fully saturated rings. The van der Waals surface area contributed by atoms with E-state index < -0.39 is 0 Å². The van der Waals surface area contributed by atoms with Gasteiger partial charge in [-0.05, 0) is 37.9 Å². The summed E-state index contributed by atoms with van der Waals surface area (Å²) >= 11 is 0. The Bertz CT molecular complexity index is 361. The number of nitrogens with one attached hydrogen (secondary N) is 1. The van der Waals surface area contributed by atoms with Crippen LogP contribution in [-0.2, 0) is 0 Å². The van der Waals surface area contributed by atoms with Crippen LogP contribution in [0.3, 0.4) is 0 Å². The molecule has 0 saturated carbocycles. The molecule has 1 aromatic heterocycles. The Morgan fingerprint density at radius 2 is 2.17 bits per heavy atom. The van der Waals surface area contributed by atoms with Crippen LogP contribution < -0.4 is 11.1 Å². The number of hydrogen-bond donors (Lipinski definition) is 2. The van der Waals surface area contributed by atoms with Gasteiger partial charge in [-0.3, -0.25) is 0 Å². The van der Waals surface area contributed by atoms with E-state index in [0.29, 0.717) is 11.7 Å². The number of pyridine rings is 1. The number of anilines is 2. The van der Waals surface area contributed by atoms with Gasteiger partial charge in [-0.25, -0.2) is 4.98 Å². The molecule has 3 N–H and O–H groups in total. The van der Waals surface area contributed by atoms with Crippen molar-refractivity contribution in [2.45, 2.75) is 26.2 Å². The molecule has 0 amide bonds. The smallest absolute Gasteiger partial charge is 0.125 e.